The molecule has 0 unspecified atom stereocenters. The lowest BCUT2D eigenvalue weighted by atomic mass is 9.95. The average molecular weight is 573 g/mol. The fourth-order valence-corrected chi connectivity index (χ4v) is 6.56. The normalized spacial score (nSPS) is 18.1. The molecule has 1 atom stereocenters. The molecule has 0 N–H and O–H groups in total. The molecule has 2 amide bonds. The minimum absolute atomic E-state index is 0.0143. The molecular weight excluding hydrogens is 531 g/mol. The van der Waals surface area contributed by atoms with Crippen molar-refractivity contribution >= 4 is 22.7 Å². The summed E-state index contributed by atoms with van der Waals surface area (Å²) in [6.45, 7) is 17.5. The minimum atomic E-state index is -0.433. The van der Waals surface area contributed by atoms with E-state index in [1.807, 2.05) is 35.7 Å². The second kappa shape index (κ2) is 12.6. The second-order valence-electron chi connectivity index (χ2n) is 12.3. The number of hydrogen-bond donors (Lipinski definition) is 0. The molecule has 0 spiro atoms. The Kier molecular flexibility index (Phi) is 8.93. The molecule has 2 saturated heterocycles. The fraction of sp³-hybridized carbons (Fsp3) is 0.515. The lowest BCUT2D eigenvalue weighted by Crippen LogP contribution is -2.42. The van der Waals surface area contributed by atoms with Crippen molar-refractivity contribution in [2.75, 3.05) is 46.3 Å². The van der Waals surface area contributed by atoms with Gasteiger partial charge in [0.1, 0.15) is 5.82 Å². The Balaban J connectivity index is 1.33. The lowest BCUT2D eigenvalue weighted by Gasteiger charge is -2.33. The zero-order chi connectivity index (χ0) is 30.0. The van der Waals surface area contributed by atoms with Crippen molar-refractivity contribution in [1.29, 1.82) is 0 Å². The highest BCUT2D eigenvalue weighted by Crippen LogP contribution is 2.33. The Morgan fingerprint density at radius 2 is 1.88 bits per heavy atom. The molecule has 0 saturated carbocycles. The number of benzene rings is 1. The fourth-order valence-electron chi connectivity index (χ4n) is 6.56. The van der Waals surface area contributed by atoms with Crippen LogP contribution in [-0.2, 0) is 11.2 Å². The predicted molar refractivity (Wildman–Crippen MR) is 162 cm³/mol. The second-order valence-corrected chi connectivity index (χ2v) is 12.3. The molecular formula is C33H41FN6O2. The van der Waals surface area contributed by atoms with Crippen molar-refractivity contribution in [3.05, 3.63) is 70.7 Å². The third kappa shape index (κ3) is 6.19. The van der Waals surface area contributed by atoms with Crippen LogP contribution >= 0.6 is 0 Å². The number of piperidine rings is 1. The van der Waals surface area contributed by atoms with Crippen LogP contribution in [0.15, 0.2) is 36.8 Å². The molecule has 42 heavy (non-hydrogen) atoms. The number of likely N-dealkylation sites (tertiary alicyclic amines) is 2. The van der Waals surface area contributed by atoms with Crippen LogP contribution < -0.4 is 0 Å². The molecule has 9 heteroatoms. The number of carbonyl (C=O) groups excluding carboxylic acids is 2. The standard InChI is InChI=1S/C33H41FN6O2/c1-22(2)37(5)33(42)28-15-27(34)6-7-29(28)40-21-26(32-23(3)16-36-17-30(32)40)14-25-8-11-38(20-25)19-24-9-12-39(13-10-24)31(41)18-35-4/h6-7,15-17,21-22,24-25H,8-14,18-20H2,1-3,5H3/t25-/m1/s1. The Labute approximate surface area is 247 Å². The Hall–Kier alpha value is -3.77. The van der Waals surface area contributed by atoms with Crippen molar-refractivity contribution in [1.82, 2.24) is 24.3 Å². The van der Waals surface area contributed by atoms with Crippen molar-refractivity contribution in [2.24, 2.45) is 11.8 Å². The lowest BCUT2D eigenvalue weighted by molar-refractivity contribution is -0.130. The largest absolute Gasteiger partial charge is 0.339 e. The number of aryl methyl sites for hydroxylation is 1. The first-order chi connectivity index (χ1) is 20.2. The molecule has 2 fully saturated rings. The maximum Gasteiger partial charge on any atom is 0.302 e. The Bertz CT molecular complexity index is 1500. The van der Waals surface area contributed by atoms with Crippen LogP contribution in [0.5, 0.6) is 0 Å². The van der Waals surface area contributed by atoms with Gasteiger partial charge in [-0.3, -0.25) is 14.6 Å². The molecule has 4 heterocycles. The molecule has 0 bridgehead atoms. The number of pyridine rings is 1. The van der Waals surface area contributed by atoms with E-state index in [-0.39, 0.29) is 24.4 Å². The van der Waals surface area contributed by atoms with Crippen LogP contribution in [0.4, 0.5) is 4.39 Å². The van der Waals surface area contributed by atoms with Crippen LogP contribution in [-0.4, -0.2) is 88.4 Å². The monoisotopic (exact) mass is 572 g/mol. The van der Waals surface area contributed by atoms with E-state index in [1.165, 1.54) is 17.7 Å². The smallest absolute Gasteiger partial charge is 0.302 e. The molecule has 222 valence electrons. The molecule has 1 aromatic carbocycles. The number of nitrogens with zero attached hydrogens (tertiary/aromatic N) is 6. The van der Waals surface area contributed by atoms with E-state index < -0.39 is 5.82 Å². The summed E-state index contributed by atoms with van der Waals surface area (Å²) < 4.78 is 16.4. The van der Waals surface area contributed by atoms with Gasteiger partial charge in [-0.25, -0.2) is 11.0 Å². The van der Waals surface area contributed by atoms with Crippen LogP contribution in [0.1, 0.15) is 54.6 Å². The van der Waals surface area contributed by atoms with E-state index in [0.717, 1.165) is 74.9 Å². The molecule has 2 aliphatic heterocycles. The zero-order valence-electron chi connectivity index (χ0n) is 25.1. The minimum Gasteiger partial charge on any atom is -0.339 e. The van der Waals surface area contributed by atoms with Crippen LogP contribution in [0.25, 0.3) is 21.4 Å². The topological polar surface area (TPSA) is 66.0 Å². The highest BCUT2D eigenvalue weighted by molar-refractivity contribution is 5.99. The molecule has 2 aliphatic rings. The van der Waals surface area contributed by atoms with Crippen molar-refractivity contribution < 1.29 is 14.0 Å². The van der Waals surface area contributed by atoms with Crippen LogP contribution in [0.3, 0.4) is 0 Å². The third-order valence-electron chi connectivity index (χ3n) is 9.10. The van der Waals surface area contributed by atoms with Gasteiger partial charge in [-0.15, -0.1) is 0 Å². The summed E-state index contributed by atoms with van der Waals surface area (Å²) >= 11 is 0. The van der Waals surface area contributed by atoms with Gasteiger partial charge >= 0.3 is 5.91 Å². The Morgan fingerprint density at radius 1 is 1.14 bits per heavy atom. The van der Waals surface area contributed by atoms with Gasteiger partial charge in [0, 0.05) is 57.0 Å². The number of rotatable bonds is 8. The number of amides is 2. The molecule has 5 rings (SSSR count). The molecule has 0 radical (unpaired) electrons. The van der Waals surface area contributed by atoms with Gasteiger partial charge in [0.2, 0.25) is 0 Å². The maximum atomic E-state index is 14.4. The highest BCUT2D eigenvalue weighted by Gasteiger charge is 2.30. The quantitative estimate of drug-likeness (QED) is 0.358. The van der Waals surface area contributed by atoms with E-state index in [2.05, 4.69) is 27.8 Å². The van der Waals surface area contributed by atoms with Crippen molar-refractivity contribution in [3.8, 4) is 5.69 Å². The average Bonchev–Trinajstić information content (AvgIpc) is 3.57. The highest BCUT2D eigenvalue weighted by atomic mass is 19.1. The van der Waals surface area contributed by atoms with Gasteiger partial charge in [0.05, 0.1) is 23.0 Å². The van der Waals surface area contributed by atoms with Crippen LogP contribution in [0, 0.1) is 31.1 Å². The summed E-state index contributed by atoms with van der Waals surface area (Å²) in [7, 11) is 1.75. The van der Waals surface area contributed by atoms with Crippen molar-refractivity contribution in [3.63, 3.8) is 0 Å². The van der Waals surface area contributed by atoms with Gasteiger partial charge in [0.15, 0.2) is 0 Å². The zero-order valence-corrected chi connectivity index (χ0v) is 25.1. The Morgan fingerprint density at radius 3 is 2.60 bits per heavy atom. The predicted octanol–water partition coefficient (Wildman–Crippen LogP) is 4.98. The molecule has 3 aromatic rings. The first-order valence-electron chi connectivity index (χ1n) is 15.0. The summed E-state index contributed by atoms with van der Waals surface area (Å²) in [5.41, 5.74) is 4.23. The summed E-state index contributed by atoms with van der Waals surface area (Å²) in [4.78, 5) is 39.2. The van der Waals surface area contributed by atoms with Crippen LogP contribution in [0.2, 0.25) is 0 Å². The SMILES string of the molecule is [C-]#[N+]CC(=O)N1CCC(CN2CC[C@H](Cc3cn(-c4ccc(F)cc4C(=O)N(C)C(C)C)c4cncc(C)c34)C2)CC1. The number of halogens is 1. The van der Waals surface area contributed by atoms with E-state index in [0.29, 0.717) is 23.1 Å². The first-order valence-corrected chi connectivity index (χ1v) is 15.0. The maximum absolute atomic E-state index is 14.4. The summed E-state index contributed by atoms with van der Waals surface area (Å²) in [6, 6.07) is 4.43. The first kappa shape index (κ1) is 29.7. The van der Waals surface area contributed by atoms with Crippen molar-refractivity contribution in [2.45, 2.75) is 52.5 Å². The van der Waals surface area contributed by atoms with E-state index in [4.69, 9.17) is 6.57 Å². The molecule has 8 nitrogen and oxygen atoms in total. The molecule has 2 aromatic heterocycles. The third-order valence-corrected chi connectivity index (χ3v) is 9.10. The summed E-state index contributed by atoms with van der Waals surface area (Å²) in [6.07, 6.45) is 9.88. The van der Waals surface area contributed by atoms with Gasteiger partial charge < -0.3 is 24.1 Å². The number of hydrogen-bond acceptors (Lipinski definition) is 4. The van der Waals surface area contributed by atoms with E-state index >= 15 is 0 Å². The summed E-state index contributed by atoms with van der Waals surface area (Å²) in [5.74, 6) is 0.402. The number of aromatic nitrogens is 2. The van der Waals surface area contributed by atoms with Gasteiger partial charge in [-0.1, -0.05) is 0 Å². The summed E-state index contributed by atoms with van der Waals surface area (Å²) in [5, 5.41) is 1.15. The van der Waals surface area contributed by atoms with Gasteiger partial charge in [-0.05, 0) is 94.2 Å². The van der Waals surface area contributed by atoms with E-state index in [1.54, 1.807) is 18.0 Å². The van der Waals surface area contributed by atoms with E-state index in [9.17, 15) is 14.0 Å². The van der Waals surface area contributed by atoms with Gasteiger partial charge in [0.25, 0.3) is 12.5 Å². The number of fused-ring (bicyclic) bond motifs is 1. The van der Waals surface area contributed by atoms with Gasteiger partial charge in [-0.2, -0.15) is 0 Å². The molecule has 0 aliphatic carbocycles. The number of carbonyl (C=O) groups is 2.